The monoisotopic (exact) mass is 590 g/mol. The van der Waals surface area contributed by atoms with Crippen molar-refractivity contribution < 1.29 is 85.7 Å². The predicted octanol–water partition coefficient (Wildman–Crippen LogP) is -4.89. The van der Waals surface area contributed by atoms with Crippen LogP contribution in [0, 0.1) is 41.0 Å². The molecule has 14 heteroatoms. The van der Waals surface area contributed by atoms with Crippen molar-refractivity contribution in [2.45, 2.75) is 19.3 Å². The van der Waals surface area contributed by atoms with E-state index in [0.29, 0.717) is 17.3 Å². The van der Waals surface area contributed by atoms with Gasteiger partial charge in [0.2, 0.25) is 0 Å². The zero-order chi connectivity index (χ0) is 22.3. The Kier molecular flexibility index (Phi) is 41.4. The number of carbonyl (C=O) groups excluding carboxylic acids is 3. The Bertz CT molecular complexity index is 316. The Hall–Kier alpha value is 0.495. The van der Waals surface area contributed by atoms with Crippen LogP contribution in [0.15, 0.2) is 0 Å². The van der Waals surface area contributed by atoms with E-state index in [1.807, 2.05) is 0 Å². The standard InChI is InChI=1S/C5H12O4.3C3H6O2S.La/c6-1-5(2-7,3-8)4-9;3*4-3(5)1-2-6;/h6-9H,1-4H2;3*6H,1-2H2,(H,4,5);/q;;;;+3/p-3. The Morgan fingerprint density at radius 3 is 0.786 bits per heavy atom. The van der Waals surface area contributed by atoms with Gasteiger partial charge in [0.25, 0.3) is 0 Å². The van der Waals surface area contributed by atoms with E-state index >= 15 is 0 Å². The molecule has 0 aromatic heterocycles. The van der Waals surface area contributed by atoms with Gasteiger partial charge in [-0.2, -0.15) is 37.9 Å². The van der Waals surface area contributed by atoms with Crippen molar-refractivity contribution in [2.24, 2.45) is 5.41 Å². The average Bonchev–Trinajstić information content (AvgIpc) is 2.59. The van der Waals surface area contributed by atoms with Gasteiger partial charge in [-0.15, -0.1) is 0 Å². The van der Waals surface area contributed by atoms with Gasteiger partial charge in [0, 0.05) is 17.9 Å². The van der Waals surface area contributed by atoms with E-state index < -0.39 is 49.8 Å². The average molecular weight is 590 g/mol. The second kappa shape index (κ2) is 29.7. The van der Waals surface area contributed by atoms with Gasteiger partial charge in [-0.25, -0.2) is 0 Å². The predicted molar refractivity (Wildman–Crippen MR) is 101 cm³/mol. The maximum Gasteiger partial charge on any atom is 3.00 e. The number of carboxylic acid groups (broad SMARTS) is 3. The molecule has 0 spiro atoms. The van der Waals surface area contributed by atoms with Crippen LogP contribution in [0.2, 0.25) is 0 Å². The minimum Gasteiger partial charge on any atom is -0.550 e. The van der Waals surface area contributed by atoms with Crippen molar-refractivity contribution in [1.82, 2.24) is 0 Å². The summed E-state index contributed by atoms with van der Waals surface area (Å²) in [4.78, 5) is 28.3. The summed E-state index contributed by atoms with van der Waals surface area (Å²) in [6.45, 7) is -1.62. The van der Waals surface area contributed by atoms with Gasteiger partial charge >= 0.3 is 35.6 Å². The molecule has 0 fully saturated rings. The normalized spacial score (nSPS) is 9.11. The smallest absolute Gasteiger partial charge is 0.550 e. The van der Waals surface area contributed by atoms with Crippen LogP contribution in [-0.4, -0.2) is 82.0 Å². The van der Waals surface area contributed by atoms with Crippen LogP contribution in [0.3, 0.4) is 0 Å². The fourth-order valence-corrected chi connectivity index (χ4v) is 1.12. The molecule has 0 aliphatic carbocycles. The van der Waals surface area contributed by atoms with E-state index in [1.165, 1.54) is 0 Å². The molecule has 0 bridgehead atoms. The molecule has 164 valence electrons. The Morgan fingerprint density at radius 1 is 0.607 bits per heavy atom. The number of carboxylic acids is 3. The second-order valence-electron chi connectivity index (χ2n) is 4.67. The number of thiol groups is 3. The largest absolute Gasteiger partial charge is 3.00 e. The van der Waals surface area contributed by atoms with Crippen LogP contribution in [0.1, 0.15) is 19.3 Å². The quantitative estimate of drug-likeness (QED) is 0.121. The SMILES string of the molecule is O=C([O-])CCS.O=C([O-])CCS.O=C([O-])CCS.OCC(CO)(CO)CO.[La+3]. The Balaban J connectivity index is -0.0000000846. The van der Waals surface area contributed by atoms with Crippen LogP contribution in [0.4, 0.5) is 0 Å². The van der Waals surface area contributed by atoms with Crippen molar-refractivity contribution in [3.63, 3.8) is 0 Å². The third-order valence-corrected chi connectivity index (χ3v) is 2.96. The first-order chi connectivity index (χ1) is 12.6. The minimum absolute atomic E-state index is 0. The Labute approximate surface area is 208 Å². The summed E-state index contributed by atoms with van der Waals surface area (Å²) < 4.78 is 0. The fraction of sp³-hybridized carbons (Fsp3) is 0.786. The van der Waals surface area contributed by atoms with Crippen molar-refractivity contribution in [1.29, 1.82) is 0 Å². The van der Waals surface area contributed by atoms with E-state index in [2.05, 4.69) is 37.9 Å². The summed E-state index contributed by atoms with van der Waals surface area (Å²) in [7, 11) is 0. The third-order valence-electron chi connectivity index (χ3n) is 2.29. The summed E-state index contributed by atoms with van der Waals surface area (Å²) in [5, 5.41) is 62.3. The summed E-state index contributed by atoms with van der Waals surface area (Å²) in [5.41, 5.74) is -1.11. The molecule has 0 unspecified atom stereocenters. The minimum atomic E-state index is -1.11. The molecule has 0 aliphatic rings. The van der Waals surface area contributed by atoms with Gasteiger partial charge in [0.1, 0.15) is 0 Å². The van der Waals surface area contributed by atoms with Crippen LogP contribution >= 0.6 is 37.9 Å². The summed E-state index contributed by atoms with van der Waals surface area (Å²) in [5.74, 6) is -2.02. The van der Waals surface area contributed by atoms with E-state index in [0.717, 1.165) is 0 Å². The second-order valence-corrected chi connectivity index (χ2v) is 6.01. The maximum absolute atomic E-state index is 9.44. The van der Waals surface area contributed by atoms with Crippen LogP contribution in [0.5, 0.6) is 0 Å². The van der Waals surface area contributed by atoms with Crippen LogP contribution in [-0.2, 0) is 14.4 Å². The topological polar surface area (TPSA) is 201 Å². The number of rotatable bonds is 10. The molecule has 0 aromatic rings. The maximum atomic E-state index is 9.44. The van der Waals surface area contributed by atoms with Crippen molar-refractivity contribution in [2.75, 3.05) is 43.7 Å². The van der Waals surface area contributed by atoms with Gasteiger partial charge in [-0.05, 0) is 36.5 Å². The first-order valence-electron chi connectivity index (χ1n) is 7.41. The van der Waals surface area contributed by atoms with E-state index in [9.17, 15) is 29.7 Å². The summed E-state index contributed by atoms with van der Waals surface area (Å²) in [6, 6.07) is 0. The molecule has 10 nitrogen and oxygen atoms in total. The molecule has 0 radical (unpaired) electrons. The van der Waals surface area contributed by atoms with Gasteiger partial charge in [-0.3, -0.25) is 0 Å². The first-order valence-corrected chi connectivity index (χ1v) is 9.31. The zero-order valence-electron chi connectivity index (χ0n) is 15.2. The molecular formula is C14H27LaO10S3. The number of hydrogen-bond acceptors (Lipinski definition) is 13. The van der Waals surface area contributed by atoms with E-state index in [1.54, 1.807) is 0 Å². The molecule has 0 rings (SSSR count). The molecular weight excluding hydrogens is 563 g/mol. The first kappa shape index (κ1) is 39.0. The number of carbonyl (C=O) groups is 3. The molecule has 28 heavy (non-hydrogen) atoms. The molecule has 0 heterocycles. The molecule has 0 amide bonds. The molecule has 0 saturated heterocycles. The third kappa shape index (κ3) is 37.3. The summed E-state index contributed by atoms with van der Waals surface area (Å²) in [6.07, 6.45) is 0.134. The van der Waals surface area contributed by atoms with Crippen LogP contribution in [0.25, 0.3) is 0 Å². The van der Waals surface area contributed by atoms with Gasteiger partial charge < -0.3 is 50.1 Å². The summed E-state index contributed by atoms with van der Waals surface area (Å²) >= 11 is 10.9. The van der Waals surface area contributed by atoms with Gasteiger partial charge in [0.05, 0.1) is 31.8 Å². The molecule has 0 aliphatic heterocycles. The molecule has 4 N–H and O–H groups in total. The van der Waals surface area contributed by atoms with Crippen molar-refractivity contribution >= 4 is 55.8 Å². The van der Waals surface area contributed by atoms with Gasteiger partial charge in [-0.1, -0.05) is 0 Å². The number of hydrogen-bond donors (Lipinski definition) is 7. The van der Waals surface area contributed by atoms with Gasteiger partial charge in [0.15, 0.2) is 0 Å². The number of aliphatic hydroxyl groups excluding tert-OH is 4. The number of aliphatic hydroxyl groups is 4. The van der Waals surface area contributed by atoms with Crippen LogP contribution < -0.4 is 15.3 Å². The van der Waals surface area contributed by atoms with E-state index in [-0.39, 0.29) is 54.9 Å². The van der Waals surface area contributed by atoms with Crippen molar-refractivity contribution in [3.05, 3.63) is 0 Å². The molecule has 0 saturated carbocycles. The molecule has 0 atom stereocenters. The zero-order valence-corrected chi connectivity index (χ0v) is 21.5. The number of aliphatic carboxylic acids is 3. The van der Waals surface area contributed by atoms with Crippen molar-refractivity contribution in [3.8, 4) is 0 Å². The Morgan fingerprint density at radius 2 is 0.786 bits per heavy atom. The molecule has 0 aromatic carbocycles. The van der Waals surface area contributed by atoms with E-state index in [4.69, 9.17) is 20.4 Å². The fourth-order valence-electron chi connectivity index (χ4n) is 0.574.